The molecule has 0 radical (unpaired) electrons. The predicted molar refractivity (Wildman–Crippen MR) is 74.6 cm³/mol. The lowest BCUT2D eigenvalue weighted by atomic mass is 9.99. The third-order valence-corrected chi connectivity index (χ3v) is 3.60. The Bertz CT molecular complexity index is 514. The Balaban J connectivity index is 0.00000108. The average Bonchev–Trinajstić information content (AvgIpc) is 2.98. The fraction of sp³-hybridized carbons (Fsp3) is 0.429. The summed E-state index contributed by atoms with van der Waals surface area (Å²) in [5.41, 5.74) is 10.1. The Hall–Kier alpha value is -0.990. The van der Waals surface area contributed by atoms with E-state index in [0.717, 1.165) is 12.3 Å². The Labute approximate surface area is 108 Å². The Kier molecular flexibility index (Phi) is 3.45. The number of benzene rings is 1. The van der Waals surface area contributed by atoms with Crippen LogP contribution in [0.5, 0.6) is 0 Å². The summed E-state index contributed by atoms with van der Waals surface area (Å²) in [6, 6.07) is 8.64. The molecular formula is C14H19ClN2. The van der Waals surface area contributed by atoms with Crippen LogP contribution in [0.15, 0.2) is 24.3 Å². The smallest absolute Gasteiger partial charge is 0.0459 e. The van der Waals surface area contributed by atoms with Crippen molar-refractivity contribution >= 4 is 23.3 Å². The highest BCUT2D eigenvalue weighted by atomic mass is 35.5. The van der Waals surface area contributed by atoms with Gasteiger partial charge in [0, 0.05) is 22.6 Å². The lowest BCUT2D eigenvalue weighted by molar-refractivity contribution is 0.597. The maximum atomic E-state index is 6.33. The van der Waals surface area contributed by atoms with Gasteiger partial charge in [-0.05, 0) is 30.9 Å². The highest BCUT2D eigenvalue weighted by Gasteiger charge is 2.26. The molecule has 1 aromatic heterocycles. The zero-order valence-electron chi connectivity index (χ0n) is 10.1. The molecule has 0 unspecified atom stereocenters. The van der Waals surface area contributed by atoms with Crippen molar-refractivity contribution < 1.29 is 0 Å². The zero-order chi connectivity index (χ0) is 11.1. The first-order valence-corrected chi connectivity index (χ1v) is 6.08. The molecule has 1 aliphatic carbocycles. The molecule has 1 aromatic carbocycles. The number of fused-ring (bicyclic) bond motifs is 1. The van der Waals surface area contributed by atoms with Gasteiger partial charge in [-0.3, -0.25) is 0 Å². The van der Waals surface area contributed by atoms with Crippen molar-refractivity contribution in [3.63, 3.8) is 0 Å². The van der Waals surface area contributed by atoms with Gasteiger partial charge in [-0.1, -0.05) is 31.0 Å². The lowest BCUT2D eigenvalue weighted by Crippen LogP contribution is -2.11. The van der Waals surface area contributed by atoms with Gasteiger partial charge >= 0.3 is 0 Å². The molecule has 1 heterocycles. The van der Waals surface area contributed by atoms with E-state index in [1.807, 2.05) is 0 Å². The van der Waals surface area contributed by atoms with Gasteiger partial charge in [0.05, 0.1) is 0 Å². The molecule has 1 saturated carbocycles. The number of aryl methyl sites for hydroxylation is 1. The van der Waals surface area contributed by atoms with E-state index in [2.05, 4.69) is 36.2 Å². The van der Waals surface area contributed by atoms with Crippen molar-refractivity contribution in [2.24, 2.45) is 11.7 Å². The fourth-order valence-electron chi connectivity index (χ4n) is 2.61. The van der Waals surface area contributed by atoms with Gasteiger partial charge in [0.15, 0.2) is 0 Å². The molecular weight excluding hydrogens is 232 g/mol. The Morgan fingerprint density at radius 3 is 2.76 bits per heavy atom. The summed E-state index contributed by atoms with van der Waals surface area (Å²) in [7, 11) is 0. The van der Waals surface area contributed by atoms with Crippen LogP contribution in [0.2, 0.25) is 0 Å². The maximum Gasteiger partial charge on any atom is 0.0459 e. The second-order valence-electron chi connectivity index (χ2n) is 4.99. The van der Waals surface area contributed by atoms with Crippen molar-refractivity contribution in [1.82, 2.24) is 4.98 Å². The van der Waals surface area contributed by atoms with Crippen molar-refractivity contribution in [2.75, 3.05) is 0 Å². The molecule has 0 amide bonds. The Morgan fingerprint density at radius 1 is 1.35 bits per heavy atom. The van der Waals surface area contributed by atoms with Gasteiger partial charge in [0.1, 0.15) is 0 Å². The predicted octanol–water partition coefficient (Wildman–Crippen LogP) is 3.70. The summed E-state index contributed by atoms with van der Waals surface area (Å²) in [5, 5.41) is 1.30. The molecule has 0 spiro atoms. The number of nitrogens with one attached hydrogen (secondary N) is 1. The molecule has 1 aliphatic rings. The number of hydrogen-bond acceptors (Lipinski definition) is 1. The van der Waals surface area contributed by atoms with E-state index in [-0.39, 0.29) is 18.4 Å². The van der Waals surface area contributed by atoms with E-state index in [9.17, 15) is 0 Å². The summed E-state index contributed by atoms with van der Waals surface area (Å²) >= 11 is 0. The van der Waals surface area contributed by atoms with Crippen molar-refractivity contribution in [2.45, 2.75) is 32.2 Å². The molecule has 1 atom stereocenters. The van der Waals surface area contributed by atoms with Crippen LogP contribution in [-0.2, 0) is 0 Å². The topological polar surface area (TPSA) is 41.8 Å². The number of aromatic nitrogens is 1. The van der Waals surface area contributed by atoms with Crippen LogP contribution in [0.3, 0.4) is 0 Å². The molecule has 0 aliphatic heterocycles. The van der Waals surface area contributed by atoms with Crippen LogP contribution in [0.25, 0.3) is 10.9 Å². The molecule has 2 nitrogen and oxygen atoms in total. The number of nitrogens with two attached hydrogens (primary N) is 1. The van der Waals surface area contributed by atoms with Crippen LogP contribution in [-0.4, -0.2) is 4.98 Å². The van der Waals surface area contributed by atoms with Gasteiger partial charge in [-0.25, -0.2) is 0 Å². The first-order valence-electron chi connectivity index (χ1n) is 6.08. The standard InChI is InChI=1S/C14H18N2.ClH/c1-9-14(12(15)8-10-6-7-10)11-4-2-3-5-13(11)16-9;/h2-5,10,12,16H,6-8,15H2,1H3;1H/t12-;/m0./s1. The van der Waals surface area contributed by atoms with Gasteiger partial charge in [-0.2, -0.15) is 0 Å². The van der Waals surface area contributed by atoms with E-state index >= 15 is 0 Å². The Morgan fingerprint density at radius 2 is 2.06 bits per heavy atom. The largest absolute Gasteiger partial charge is 0.358 e. The van der Waals surface area contributed by atoms with E-state index < -0.39 is 0 Å². The van der Waals surface area contributed by atoms with Crippen LogP contribution in [0.1, 0.15) is 36.6 Å². The number of H-pyrrole nitrogens is 1. The average molecular weight is 251 g/mol. The molecule has 3 heteroatoms. The summed E-state index contributed by atoms with van der Waals surface area (Å²) < 4.78 is 0. The lowest BCUT2D eigenvalue weighted by Gasteiger charge is -2.11. The monoisotopic (exact) mass is 250 g/mol. The highest BCUT2D eigenvalue weighted by molar-refractivity contribution is 5.85. The highest BCUT2D eigenvalue weighted by Crippen LogP contribution is 2.39. The van der Waals surface area contributed by atoms with Gasteiger partial charge in [0.2, 0.25) is 0 Å². The molecule has 0 saturated heterocycles. The minimum Gasteiger partial charge on any atom is -0.358 e. The number of rotatable bonds is 3. The van der Waals surface area contributed by atoms with E-state index in [1.165, 1.54) is 35.0 Å². The molecule has 0 bridgehead atoms. The SMILES string of the molecule is Cc1[nH]c2ccccc2c1[C@@H](N)CC1CC1.Cl. The number of hydrogen-bond donors (Lipinski definition) is 2. The molecule has 2 aromatic rings. The van der Waals surface area contributed by atoms with Crippen LogP contribution >= 0.6 is 12.4 Å². The summed E-state index contributed by atoms with van der Waals surface area (Å²) in [4.78, 5) is 3.42. The molecule has 3 rings (SSSR count). The molecule has 1 fully saturated rings. The number of para-hydroxylation sites is 1. The number of aromatic amines is 1. The minimum atomic E-state index is 0. The van der Waals surface area contributed by atoms with Crippen LogP contribution < -0.4 is 5.73 Å². The molecule has 92 valence electrons. The van der Waals surface area contributed by atoms with E-state index in [4.69, 9.17) is 5.73 Å². The minimum absolute atomic E-state index is 0. The molecule has 3 N–H and O–H groups in total. The summed E-state index contributed by atoms with van der Waals surface area (Å²) in [6.07, 6.45) is 3.88. The fourth-order valence-corrected chi connectivity index (χ4v) is 2.61. The maximum absolute atomic E-state index is 6.33. The van der Waals surface area contributed by atoms with E-state index in [0.29, 0.717) is 0 Å². The van der Waals surface area contributed by atoms with Gasteiger partial charge in [0.25, 0.3) is 0 Å². The number of halogens is 1. The third kappa shape index (κ3) is 2.33. The van der Waals surface area contributed by atoms with Crippen LogP contribution in [0, 0.1) is 12.8 Å². The summed E-state index contributed by atoms with van der Waals surface area (Å²) in [5.74, 6) is 0.878. The first-order chi connectivity index (χ1) is 7.75. The quantitative estimate of drug-likeness (QED) is 0.857. The third-order valence-electron chi connectivity index (χ3n) is 3.60. The molecule has 17 heavy (non-hydrogen) atoms. The summed E-state index contributed by atoms with van der Waals surface area (Å²) in [6.45, 7) is 2.13. The zero-order valence-corrected chi connectivity index (χ0v) is 10.9. The first kappa shape index (κ1) is 12.5. The second kappa shape index (κ2) is 4.71. The normalized spacial score (nSPS) is 16.8. The second-order valence-corrected chi connectivity index (χ2v) is 4.99. The van der Waals surface area contributed by atoms with Gasteiger partial charge in [-0.15, -0.1) is 12.4 Å². The van der Waals surface area contributed by atoms with Crippen molar-refractivity contribution in [3.8, 4) is 0 Å². The van der Waals surface area contributed by atoms with Crippen LogP contribution in [0.4, 0.5) is 0 Å². The van der Waals surface area contributed by atoms with Gasteiger partial charge < -0.3 is 10.7 Å². The van der Waals surface area contributed by atoms with Crippen molar-refractivity contribution in [3.05, 3.63) is 35.5 Å². The van der Waals surface area contributed by atoms with E-state index in [1.54, 1.807) is 0 Å². The van der Waals surface area contributed by atoms with Crippen molar-refractivity contribution in [1.29, 1.82) is 0 Å².